The van der Waals surface area contributed by atoms with Crippen molar-refractivity contribution in [3.8, 4) is 0 Å². The Morgan fingerprint density at radius 2 is 2.00 bits per heavy atom. The monoisotopic (exact) mass is 310 g/mol. The minimum Gasteiger partial charge on any atom is -0.383 e. The molecule has 0 aromatic heterocycles. The second kappa shape index (κ2) is 9.41. The summed E-state index contributed by atoms with van der Waals surface area (Å²) < 4.78 is 4.94. The number of nitrogens with one attached hydrogen (secondary N) is 2. The van der Waals surface area contributed by atoms with Gasteiger partial charge in [-0.2, -0.15) is 0 Å². The highest BCUT2D eigenvalue weighted by molar-refractivity contribution is 8.00. The first-order valence-electron chi connectivity index (χ1n) is 6.74. The number of ether oxygens (including phenoxy) is 1. The molecule has 0 heterocycles. The van der Waals surface area contributed by atoms with Crippen molar-refractivity contribution in [2.45, 2.75) is 19.9 Å². The highest BCUT2D eigenvalue weighted by atomic mass is 32.2. The molecule has 1 aromatic rings. The lowest BCUT2D eigenvalue weighted by molar-refractivity contribution is -0.119. The average Bonchev–Trinajstić information content (AvgIpc) is 2.38. The largest absolute Gasteiger partial charge is 0.383 e. The first kappa shape index (κ1) is 17.5. The summed E-state index contributed by atoms with van der Waals surface area (Å²) in [7, 11) is 1.59. The molecule has 0 aliphatic heterocycles. The van der Waals surface area contributed by atoms with Crippen LogP contribution in [-0.2, 0) is 14.3 Å². The smallest absolute Gasteiger partial charge is 0.234 e. The predicted octanol–water partition coefficient (Wildman–Crippen LogP) is 1.82. The molecule has 6 heteroatoms. The molecule has 0 aliphatic carbocycles. The van der Waals surface area contributed by atoms with Gasteiger partial charge >= 0.3 is 0 Å². The summed E-state index contributed by atoms with van der Waals surface area (Å²) in [6.45, 7) is 4.32. The molecule has 5 nitrogen and oxygen atoms in total. The minimum absolute atomic E-state index is 0.0239. The molecule has 1 atom stereocenters. The first-order chi connectivity index (χ1) is 10.0. The number of methoxy groups -OCH3 is 1. The Hall–Kier alpha value is -1.53. The molecule has 116 valence electrons. The third kappa shape index (κ3) is 7.72. The van der Waals surface area contributed by atoms with Gasteiger partial charge in [0, 0.05) is 18.8 Å². The van der Waals surface area contributed by atoms with Gasteiger partial charge in [0.2, 0.25) is 11.8 Å². The van der Waals surface area contributed by atoms with E-state index in [2.05, 4.69) is 10.6 Å². The molecule has 0 radical (unpaired) electrons. The molecule has 0 spiro atoms. The third-order valence-corrected chi connectivity index (χ3v) is 3.52. The molecular formula is C15H22N2O3S. The number of rotatable bonds is 8. The van der Waals surface area contributed by atoms with Crippen molar-refractivity contribution in [3.05, 3.63) is 29.8 Å². The maximum Gasteiger partial charge on any atom is 0.234 e. The molecule has 2 N–H and O–H groups in total. The summed E-state index contributed by atoms with van der Waals surface area (Å²) in [6, 6.07) is 7.58. The molecule has 0 fully saturated rings. The standard InChI is InChI=1S/C15H22N2O3S/c1-11-5-4-6-13(7-11)17-15(19)10-21-9-14(18)16-12(2)8-20-3/h4-7,12H,8-10H2,1-3H3,(H,16,18)(H,17,19)/t12-/m1/s1. The van der Waals surface area contributed by atoms with E-state index in [4.69, 9.17) is 4.74 Å². The van der Waals surface area contributed by atoms with Gasteiger partial charge in [0.25, 0.3) is 0 Å². The van der Waals surface area contributed by atoms with Gasteiger partial charge in [-0.15, -0.1) is 11.8 Å². The maximum atomic E-state index is 11.7. The van der Waals surface area contributed by atoms with Crippen molar-refractivity contribution in [1.29, 1.82) is 0 Å². The van der Waals surface area contributed by atoms with E-state index in [1.807, 2.05) is 38.1 Å². The van der Waals surface area contributed by atoms with Gasteiger partial charge in [0.15, 0.2) is 0 Å². The number of thioether (sulfide) groups is 1. The van der Waals surface area contributed by atoms with Gasteiger partial charge in [0.05, 0.1) is 18.1 Å². The van der Waals surface area contributed by atoms with E-state index in [-0.39, 0.29) is 29.4 Å². The Balaban J connectivity index is 2.23. The zero-order chi connectivity index (χ0) is 15.7. The van der Waals surface area contributed by atoms with E-state index in [1.54, 1.807) is 7.11 Å². The van der Waals surface area contributed by atoms with Gasteiger partial charge in [-0.25, -0.2) is 0 Å². The van der Waals surface area contributed by atoms with Crippen LogP contribution >= 0.6 is 11.8 Å². The molecule has 1 rings (SSSR count). The number of amides is 2. The van der Waals surface area contributed by atoms with E-state index in [1.165, 1.54) is 11.8 Å². The van der Waals surface area contributed by atoms with Gasteiger partial charge in [-0.3, -0.25) is 9.59 Å². The first-order valence-corrected chi connectivity index (χ1v) is 7.89. The Morgan fingerprint density at radius 3 is 2.67 bits per heavy atom. The lowest BCUT2D eigenvalue weighted by atomic mass is 10.2. The van der Waals surface area contributed by atoms with Crippen molar-refractivity contribution >= 4 is 29.3 Å². The van der Waals surface area contributed by atoms with E-state index in [0.717, 1.165) is 11.3 Å². The Bertz CT molecular complexity index is 480. The van der Waals surface area contributed by atoms with Crippen LogP contribution < -0.4 is 10.6 Å². The number of aryl methyl sites for hydroxylation is 1. The molecule has 0 bridgehead atoms. The molecule has 1 aromatic carbocycles. The van der Waals surface area contributed by atoms with Crippen LogP contribution in [0.15, 0.2) is 24.3 Å². The molecule has 21 heavy (non-hydrogen) atoms. The Morgan fingerprint density at radius 1 is 1.29 bits per heavy atom. The quantitative estimate of drug-likeness (QED) is 0.768. The van der Waals surface area contributed by atoms with E-state index < -0.39 is 0 Å². The zero-order valence-electron chi connectivity index (χ0n) is 12.6. The SMILES string of the molecule is COC[C@@H](C)NC(=O)CSCC(=O)Nc1cccc(C)c1. The Kier molecular flexibility index (Phi) is 7.85. The van der Waals surface area contributed by atoms with Gasteiger partial charge in [0.1, 0.15) is 0 Å². The van der Waals surface area contributed by atoms with Crippen LogP contribution in [0.2, 0.25) is 0 Å². The van der Waals surface area contributed by atoms with Crippen LogP contribution in [0, 0.1) is 6.92 Å². The van der Waals surface area contributed by atoms with Crippen molar-refractivity contribution in [3.63, 3.8) is 0 Å². The summed E-state index contributed by atoms with van der Waals surface area (Å²) in [5.41, 5.74) is 1.87. The predicted molar refractivity (Wildman–Crippen MR) is 86.6 cm³/mol. The summed E-state index contributed by atoms with van der Waals surface area (Å²) in [5.74, 6) is 0.311. The van der Waals surface area contributed by atoms with Crippen molar-refractivity contribution in [1.82, 2.24) is 5.32 Å². The molecule has 0 aliphatic rings. The van der Waals surface area contributed by atoms with Crippen LogP contribution in [0.5, 0.6) is 0 Å². The highest BCUT2D eigenvalue weighted by Gasteiger charge is 2.09. The average molecular weight is 310 g/mol. The Labute approximate surface area is 129 Å². The highest BCUT2D eigenvalue weighted by Crippen LogP contribution is 2.10. The fraction of sp³-hybridized carbons (Fsp3) is 0.467. The van der Waals surface area contributed by atoms with Gasteiger partial charge < -0.3 is 15.4 Å². The van der Waals surface area contributed by atoms with Crippen LogP contribution in [-0.4, -0.2) is 43.1 Å². The second-order valence-corrected chi connectivity index (χ2v) is 5.82. The number of hydrogen-bond donors (Lipinski definition) is 2. The lowest BCUT2D eigenvalue weighted by Gasteiger charge is -2.12. The minimum atomic E-state index is -0.108. The van der Waals surface area contributed by atoms with Gasteiger partial charge in [-0.1, -0.05) is 12.1 Å². The van der Waals surface area contributed by atoms with E-state index in [0.29, 0.717) is 6.61 Å². The molecule has 2 amide bonds. The molecule has 0 unspecified atom stereocenters. The third-order valence-electron chi connectivity index (χ3n) is 2.59. The summed E-state index contributed by atoms with van der Waals surface area (Å²) >= 11 is 1.29. The normalized spacial score (nSPS) is 11.8. The van der Waals surface area contributed by atoms with Crippen molar-refractivity contribution in [2.75, 3.05) is 30.5 Å². The molecule has 0 saturated heterocycles. The van der Waals surface area contributed by atoms with Crippen LogP contribution in [0.4, 0.5) is 5.69 Å². The number of carbonyl (C=O) groups excluding carboxylic acids is 2. The fourth-order valence-corrected chi connectivity index (χ4v) is 2.39. The van der Waals surface area contributed by atoms with Crippen molar-refractivity contribution < 1.29 is 14.3 Å². The number of anilines is 1. The lowest BCUT2D eigenvalue weighted by Crippen LogP contribution is -2.36. The summed E-state index contributed by atoms with van der Waals surface area (Å²) in [4.78, 5) is 23.3. The van der Waals surface area contributed by atoms with Crippen LogP contribution in [0.25, 0.3) is 0 Å². The fourth-order valence-electron chi connectivity index (χ4n) is 1.76. The molecular weight excluding hydrogens is 288 g/mol. The number of hydrogen-bond acceptors (Lipinski definition) is 4. The zero-order valence-corrected chi connectivity index (χ0v) is 13.5. The molecule has 0 saturated carbocycles. The van der Waals surface area contributed by atoms with Gasteiger partial charge in [-0.05, 0) is 31.5 Å². The number of benzene rings is 1. The second-order valence-electron chi connectivity index (χ2n) is 4.83. The number of carbonyl (C=O) groups is 2. The summed E-state index contributed by atoms with van der Waals surface area (Å²) in [5, 5.41) is 5.60. The van der Waals surface area contributed by atoms with E-state index >= 15 is 0 Å². The topological polar surface area (TPSA) is 67.4 Å². The van der Waals surface area contributed by atoms with Crippen molar-refractivity contribution in [2.24, 2.45) is 0 Å². The maximum absolute atomic E-state index is 11.7. The van der Waals surface area contributed by atoms with E-state index in [9.17, 15) is 9.59 Å². The van der Waals surface area contributed by atoms with Crippen LogP contribution in [0.1, 0.15) is 12.5 Å². The van der Waals surface area contributed by atoms with Crippen LogP contribution in [0.3, 0.4) is 0 Å². The summed E-state index contributed by atoms with van der Waals surface area (Å²) in [6.07, 6.45) is 0.